The number of piperazine rings is 1. The molecule has 9 nitrogen and oxygen atoms in total. The van der Waals surface area contributed by atoms with Gasteiger partial charge in [-0.2, -0.15) is 15.2 Å². The Bertz CT molecular complexity index is 1360. The lowest BCUT2D eigenvalue weighted by Gasteiger charge is -2.41. The summed E-state index contributed by atoms with van der Waals surface area (Å²) in [6.07, 6.45) is 8.96. The molecule has 44 heavy (non-hydrogen) atoms. The van der Waals surface area contributed by atoms with Gasteiger partial charge in [-0.1, -0.05) is 38.0 Å². The Morgan fingerprint density at radius 1 is 1.18 bits per heavy atom. The van der Waals surface area contributed by atoms with Gasteiger partial charge in [-0.15, -0.1) is 0 Å². The molecule has 0 unspecified atom stereocenters. The van der Waals surface area contributed by atoms with Crippen LogP contribution in [0.1, 0.15) is 61.8 Å². The van der Waals surface area contributed by atoms with Crippen LogP contribution in [0.5, 0.6) is 6.01 Å². The normalized spacial score (nSPS) is 20.1. The molecule has 1 saturated heterocycles. The molecule has 0 bridgehead atoms. The Kier molecular flexibility index (Phi) is 10.0. The molecular formula is C34H46FN7O2. The average molecular weight is 604 g/mol. The van der Waals surface area contributed by atoms with Crippen LogP contribution in [0.2, 0.25) is 0 Å². The lowest BCUT2D eigenvalue weighted by Crippen LogP contribution is -2.55. The average Bonchev–Trinajstić information content (AvgIpc) is 3.22. The summed E-state index contributed by atoms with van der Waals surface area (Å²) in [6, 6.07) is 7.53. The van der Waals surface area contributed by atoms with Crippen molar-refractivity contribution < 1.29 is 13.9 Å². The van der Waals surface area contributed by atoms with E-state index in [-0.39, 0.29) is 29.6 Å². The molecule has 1 amide bonds. The monoisotopic (exact) mass is 603 g/mol. The van der Waals surface area contributed by atoms with Crippen LogP contribution in [0.25, 0.3) is 0 Å². The summed E-state index contributed by atoms with van der Waals surface area (Å²) in [4.78, 5) is 30.9. The van der Waals surface area contributed by atoms with Crippen LogP contribution in [0.15, 0.2) is 30.9 Å². The number of nitrogens with zero attached hydrogens (tertiary/aromatic N) is 7. The molecule has 0 radical (unpaired) electrons. The Hall–Kier alpha value is -3.71. The number of ether oxygens (including phenoxy) is 1. The van der Waals surface area contributed by atoms with Crippen molar-refractivity contribution in [2.75, 3.05) is 63.2 Å². The number of anilines is 2. The third-order valence-electron chi connectivity index (χ3n) is 9.39. The third-order valence-corrected chi connectivity index (χ3v) is 9.39. The van der Waals surface area contributed by atoms with E-state index in [1.54, 1.807) is 11.0 Å². The zero-order chi connectivity index (χ0) is 31.3. The number of fused-ring (bicyclic) bond motifs is 1. The minimum absolute atomic E-state index is 0.0446. The molecule has 1 aromatic carbocycles. The number of halogens is 1. The van der Waals surface area contributed by atoms with Crippen LogP contribution in [-0.2, 0) is 17.8 Å². The highest BCUT2D eigenvalue weighted by Crippen LogP contribution is 2.38. The number of carbonyl (C=O) groups excluding carboxylic acids is 1. The number of hydrogen-bond donors (Lipinski definition) is 0. The van der Waals surface area contributed by atoms with Crippen LogP contribution in [-0.4, -0.2) is 85.1 Å². The van der Waals surface area contributed by atoms with Gasteiger partial charge in [0, 0.05) is 43.7 Å². The van der Waals surface area contributed by atoms with Gasteiger partial charge >= 0.3 is 6.01 Å². The number of hydrogen-bond acceptors (Lipinski definition) is 8. The fraction of sp³-hybridized carbons (Fsp3) is 0.588. The second kappa shape index (κ2) is 13.9. The molecule has 1 aromatic heterocycles. The van der Waals surface area contributed by atoms with E-state index < -0.39 is 0 Å². The van der Waals surface area contributed by atoms with Gasteiger partial charge < -0.3 is 24.3 Å². The molecule has 1 saturated carbocycles. The first-order valence-electron chi connectivity index (χ1n) is 16.0. The van der Waals surface area contributed by atoms with Crippen molar-refractivity contribution >= 4 is 17.4 Å². The summed E-state index contributed by atoms with van der Waals surface area (Å²) < 4.78 is 21.7. The van der Waals surface area contributed by atoms with E-state index in [1.807, 2.05) is 13.0 Å². The predicted molar refractivity (Wildman–Crippen MR) is 170 cm³/mol. The van der Waals surface area contributed by atoms with Gasteiger partial charge in [0.25, 0.3) is 0 Å². The van der Waals surface area contributed by atoms with Crippen LogP contribution in [0.4, 0.5) is 15.9 Å². The molecule has 3 aliphatic rings. The van der Waals surface area contributed by atoms with E-state index in [2.05, 4.69) is 41.4 Å². The number of rotatable bonds is 9. The molecular weight excluding hydrogens is 557 g/mol. The van der Waals surface area contributed by atoms with Crippen molar-refractivity contribution in [1.29, 1.82) is 5.26 Å². The Labute approximate surface area is 261 Å². The topological polar surface area (TPSA) is 88.8 Å². The van der Waals surface area contributed by atoms with Gasteiger partial charge in [0.05, 0.1) is 43.1 Å². The molecule has 236 valence electrons. The minimum atomic E-state index is -0.275. The highest BCUT2D eigenvalue weighted by atomic mass is 19.1. The lowest BCUT2D eigenvalue weighted by atomic mass is 9.74. The van der Waals surface area contributed by atoms with E-state index in [4.69, 9.17) is 14.7 Å². The summed E-state index contributed by atoms with van der Waals surface area (Å²) in [5, 5.41) is 9.57. The first kappa shape index (κ1) is 31.7. The number of carbonyl (C=O) groups is 1. The van der Waals surface area contributed by atoms with Gasteiger partial charge in [-0.25, -0.2) is 4.39 Å². The Morgan fingerprint density at radius 2 is 1.98 bits per heavy atom. The van der Waals surface area contributed by atoms with E-state index in [1.165, 1.54) is 31.4 Å². The number of amides is 1. The number of nitriles is 1. The second-order valence-electron chi connectivity index (χ2n) is 13.0. The predicted octanol–water partition coefficient (Wildman–Crippen LogP) is 4.88. The largest absolute Gasteiger partial charge is 0.463 e. The zero-order valence-corrected chi connectivity index (χ0v) is 26.5. The standard InChI is InChI=1S/C34H46FN7O2/c1-5-30(43)42-20-19-41(21-26(42)14-17-36)32-27-12-10-18-40(31-25(2)11-9-13-28(31)35)22-29(27)37-33(38-32)44-24-34(23-39(3)4)15-7-6-8-16-34/h5,9,11,13,26H,1,6-8,10,12,14-16,18-24H2,2-4H3/t26-/m0/s1. The van der Waals surface area contributed by atoms with E-state index >= 15 is 4.39 Å². The van der Waals surface area contributed by atoms with Crippen LogP contribution < -0.4 is 14.5 Å². The SMILES string of the molecule is C=CC(=O)N1CCN(c2nc(OCC3(CN(C)C)CCCCC3)nc3c2CCCN(c2c(C)cccc2F)C3)C[C@@H]1CC#N. The summed E-state index contributed by atoms with van der Waals surface area (Å²) in [5.74, 6) is 0.408. The van der Waals surface area contributed by atoms with Crippen molar-refractivity contribution in [3.8, 4) is 12.1 Å². The van der Waals surface area contributed by atoms with Crippen LogP contribution in [0.3, 0.4) is 0 Å². The van der Waals surface area contributed by atoms with Gasteiger partial charge in [0.1, 0.15) is 11.6 Å². The molecule has 2 fully saturated rings. The van der Waals surface area contributed by atoms with Crippen LogP contribution >= 0.6 is 0 Å². The maximum absolute atomic E-state index is 15.1. The number of para-hydroxylation sites is 1. The molecule has 5 rings (SSSR count). The molecule has 0 N–H and O–H groups in total. The highest BCUT2D eigenvalue weighted by molar-refractivity contribution is 5.87. The first-order chi connectivity index (χ1) is 21.2. The van der Waals surface area contributed by atoms with Crippen molar-refractivity contribution in [1.82, 2.24) is 19.8 Å². The first-order valence-corrected chi connectivity index (χ1v) is 16.0. The van der Waals surface area contributed by atoms with Crippen molar-refractivity contribution in [2.45, 2.75) is 70.9 Å². The molecule has 1 atom stereocenters. The molecule has 2 aromatic rings. The maximum atomic E-state index is 15.1. The van der Waals surface area contributed by atoms with Crippen molar-refractivity contribution in [3.63, 3.8) is 0 Å². The maximum Gasteiger partial charge on any atom is 0.318 e. The van der Waals surface area contributed by atoms with Crippen molar-refractivity contribution in [2.24, 2.45) is 5.41 Å². The summed E-state index contributed by atoms with van der Waals surface area (Å²) in [7, 11) is 4.22. The van der Waals surface area contributed by atoms with Gasteiger partial charge in [-0.05, 0) is 64.4 Å². The highest BCUT2D eigenvalue weighted by Gasteiger charge is 2.36. The molecule has 2 aliphatic heterocycles. The molecule has 10 heteroatoms. The Morgan fingerprint density at radius 3 is 2.68 bits per heavy atom. The third kappa shape index (κ3) is 6.99. The smallest absolute Gasteiger partial charge is 0.318 e. The molecule has 1 aliphatic carbocycles. The van der Waals surface area contributed by atoms with Crippen molar-refractivity contribution in [3.05, 3.63) is 53.5 Å². The van der Waals surface area contributed by atoms with Gasteiger partial charge in [0.15, 0.2) is 0 Å². The van der Waals surface area contributed by atoms with Crippen LogP contribution in [0, 0.1) is 29.5 Å². The van der Waals surface area contributed by atoms with E-state index in [0.29, 0.717) is 51.0 Å². The Balaban J connectivity index is 1.51. The quantitative estimate of drug-likeness (QED) is 0.375. The lowest BCUT2D eigenvalue weighted by molar-refractivity contribution is -0.128. The fourth-order valence-electron chi connectivity index (χ4n) is 7.40. The van der Waals surface area contributed by atoms with E-state index in [0.717, 1.165) is 54.9 Å². The number of aryl methyl sites for hydroxylation is 1. The fourth-order valence-corrected chi connectivity index (χ4v) is 7.40. The van der Waals surface area contributed by atoms with E-state index in [9.17, 15) is 10.1 Å². The minimum Gasteiger partial charge on any atom is -0.463 e. The summed E-state index contributed by atoms with van der Waals surface area (Å²) in [6.45, 7) is 9.75. The zero-order valence-electron chi connectivity index (χ0n) is 26.5. The number of aromatic nitrogens is 2. The summed E-state index contributed by atoms with van der Waals surface area (Å²) in [5.41, 5.74) is 3.43. The summed E-state index contributed by atoms with van der Waals surface area (Å²) >= 11 is 0. The second-order valence-corrected chi connectivity index (χ2v) is 13.0. The number of benzene rings is 1. The van der Waals surface area contributed by atoms with Gasteiger partial charge in [0.2, 0.25) is 5.91 Å². The molecule has 3 heterocycles. The van der Waals surface area contributed by atoms with Gasteiger partial charge in [-0.3, -0.25) is 4.79 Å². The molecule has 0 spiro atoms.